The zero-order valence-corrected chi connectivity index (χ0v) is 18.2. The standard InChI is InChI=1S/C23H26ClF3O3/c1-5-29-22(28)19(10-14(2)3)17-11-18(16-8-6-15(4)7-9-16)21(24)20(12-17)30-13-23(25,26)27/h6-9,11-12,14,19H,5,10,13H2,1-4H3. The van der Waals surface area contributed by atoms with Gasteiger partial charge in [-0.25, -0.2) is 0 Å². The van der Waals surface area contributed by atoms with E-state index in [4.69, 9.17) is 21.1 Å². The Morgan fingerprint density at radius 3 is 2.30 bits per heavy atom. The van der Waals surface area contributed by atoms with E-state index in [2.05, 4.69) is 0 Å². The third-order valence-corrected chi connectivity index (χ3v) is 4.89. The van der Waals surface area contributed by atoms with Gasteiger partial charge in [0.25, 0.3) is 0 Å². The third kappa shape index (κ3) is 6.66. The Morgan fingerprint density at radius 1 is 1.13 bits per heavy atom. The Labute approximate surface area is 180 Å². The molecule has 0 aliphatic heterocycles. The molecule has 1 atom stereocenters. The lowest BCUT2D eigenvalue weighted by Gasteiger charge is -2.21. The minimum absolute atomic E-state index is 0.0685. The summed E-state index contributed by atoms with van der Waals surface area (Å²) in [5.74, 6) is -1.01. The molecular formula is C23H26ClF3O3. The molecule has 0 radical (unpaired) electrons. The number of carbonyl (C=O) groups is 1. The van der Waals surface area contributed by atoms with Crippen LogP contribution < -0.4 is 4.74 Å². The second kappa shape index (κ2) is 10.2. The van der Waals surface area contributed by atoms with Crippen LogP contribution >= 0.6 is 11.6 Å². The van der Waals surface area contributed by atoms with Crippen LogP contribution in [0.1, 0.15) is 44.2 Å². The quantitative estimate of drug-likeness (QED) is 0.415. The zero-order valence-electron chi connectivity index (χ0n) is 17.5. The number of hydrogen-bond donors (Lipinski definition) is 0. The predicted octanol–water partition coefficient (Wildman–Crippen LogP) is 6.95. The predicted molar refractivity (Wildman–Crippen MR) is 112 cm³/mol. The van der Waals surface area contributed by atoms with Gasteiger partial charge in [-0.3, -0.25) is 4.79 Å². The topological polar surface area (TPSA) is 35.5 Å². The molecule has 164 valence electrons. The number of hydrogen-bond acceptors (Lipinski definition) is 3. The molecule has 0 aliphatic rings. The molecule has 2 aromatic rings. The fourth-order valence-corrected chi connectivity index (χ4v) is 3.38. The van der Waals surface area contributed by atoms with Crippen LogP contribution in [0.15, 0.2) is 36.4 Å². The maximum Gasteiger partial charge on any atom is 0.422 e. The molecule has 2 rings (SSSR count). The van der Waals surface area contributed by atoms with Gasteiger partial charge < -0.3 is 9.47 Å². The third-order valence-electron chi connectivity index (χ3n) is 4.50. The van der Waals surface area contributed by atoms with Crippen molar-refractivity contribution >= 4 is 17.6 Å². The van der Waals surface area contributed by atoms with Gasteiger partial charge in [-0.15, -0.1) is 0 Å². The average molecular weight is 443 g/mol. The molecule has 1 unspecified atom stereocenters. The number of aryl methyl sites for hydroxylation is 1. The summed E-state index contributed by atoms with van der Waals surface area (Å²) < 4.78 is 48.5. The highest BCUT2D eigenvalue weighted by molar-refractivity contribution is 6.34. The summed E-state index contributed by atoms with van der Waals surface area (Å²) >= 11 is 6.43. The molecule has 0 fully saturated rings. The van der Waals surface area contributed by atoms with Gasteiger partial charge in [0, 0.05) is 5.56 Å². The summed E-state index contributed by atoms with van der Waals surface area (Å²) in [5, 5.41) is 0.0685. The zero-order chi connectivity index (χ0) is 22.5. The highest BCUT2D eigenvalue weighted by Crippen LogP contribution is 2.40. The van der Waals surface area contributed by atoms with E-state index >= 15 is 0 Å². The first-order valence-electron chi connectivity index (χ1n) is 9.78. The number of rotatable bonds is 8. The minimum atomic E-state index is -4.51. The summed E-state index contributed by atoms with van der Waals surface area (Å²) in [5.41, 5.74) is 2.77. The van der Waals surface area contributed by atoms with Crippen molar-refractivity contribution in [3.05, 3.63) is 52.5 Å². The van der Waals surface area contributed by atoms with Crippen LogP contribution in [0.4, 0.5) is 13.2 Å². The smallest absolute Gasteiger partial charge is 0.422 e. The van der Waals surface area contributed by atoms with E-state index in [1.807, 2.05) is 45.0 Å². The van der Waals surface area contributed by atoms with Crippen molar-refractivity contribution < 1.29 is 27.4 Å². The normalized spacial score (nSPS) is 12.7. The van der Waals surface area contributed by atoms with Gasteiger partial charge in [0.2, 0.25) is 0 Å². The fraction of sp³-hybridized carbons (Fsp3) is 0.435. The van der Waals surface area contributed by atoms with E-state index in [0.717, 1.165) is 11.1 Å². The lowest BCUT2D eigenvalue weighted by molar-refractivity contribution is -0.153. The fourth-order valence-electron chi connectivity index (χ4n) is 3.11. The van der Waals surface area contributed by atoms with E-state index in [-0.39, 0.29) is 23.3 Å². The summed E-state index contributed by atoms with van der Waals surface area (Å²) in [4.78, 5) is 12.6. The number of ether oxygens (including phenoxy) is 2. The van der Waals surface area contributed by atoms with Crippen LogP contribution in [0.5, 0.6) is 5.75 Å². The molecule has 0 bridgehead atoms. The summed E-state index contributed by atoms with van der Waals surface area (Å²) in [6, 6.07) is 10.6. The molecule has 2 aromatic carbocycles. The summed E-state index contributed by atoms with van der Waals surface area (Å²) in [7, 11) is 0. The Bertz CT molecular complexity index is 861. The number of esters is 1. The second-order valence-corrected chi connectivity index (χ2v) is 7.96. The highest BCUT2D eigenvalue weighted by atomic mass is 35.5. The van der Waals surface area contributed by atoms with E-state index in [1.165, 1.54) is 6.07 Å². The van der Waals surface area contributed by atoms with Gasteiger partial charge in [0.15, 0.2) is 6.61 Å². The van der Waals surface area contributed by atoms with E-state index < -0.39 is 24.7 Å². The van der Waals surface area contributed by atoms with Crippen molar-refractivity contribution in [2.24, 2.45) is 5.92 Å². The van der Waals surface area contributed by atoms with Crippen molar-refractivity contribution in [3.63, 3.8) is 0 Å². The molecular weight excluding hydrogens is 417 g/mol. The van der Waals surface area contributed by atoms with Crippen molar-refractivity contribution in [1.82, 2.24) is 0 Å². The van der Waals surface area contributed by atoms with Crippen molar-refractivity contribution in [2.75, 3.05) is 13.2 Å². The monoisotopic (exact) mass is 442 g/mol. The Morgan fingerprint density at radius 2 is 1.77 bits per heavy atom. The molecule has 0 amide bonds. The molecule has 0 aromatic heterocycles. The average Bonchev–Trinajstić information content (AvgIpc) is 2.65. The largest absolute Gasteiger partial charge is 0.483 e. The van der Waals surface area contributed by atoms with E-state index in [1.54, 1.807) is 13.0 Å². The van der Waals surface area contributed by atoms with Crippen LogP contribution in [0.25, 0.3) is 11.1 Å². The van der Waals surface area contributed by atoms with E-state index in [9.17, 15) is 18.0 Å². The molecule has 30 heavy (non-hydrogen) atoms. The van der Waals surface area contributed by atoms with Crippen LogP contribution in [-0.4, -0.2) is 25.4 Å². The lowest BCUT2D eigenvalue weighted by Crippen LogP contribution is -2.20. The number of benzene rings is 2. The van der Waals surface area contributed by atoms with Gasteiger partial charge in [-0.05, 0) is 49.4 Å². The van der Waals surface area contributed by atoms with Gasteiger partial charge in [-0.1, -0.05) is 55.3 Å². The highest BCUT2D eigenvalue weighted by Gasteiger charge is 2.30. The van der Waals surface area contributed by atoms with Crippen LogP contribution in [-0.2, 0) is 9.53 Å². The molecule has 0 aliphatic carbocycles. The molecule has 0 saturated heterocycles. The Balaban J connectivity index is 2.60. The minimum Gasteiger partial charge on any atom is -0.483 e. The molecule has 0 N–H and O–H groups in total. The lowest BCUT2D eigenvalue weighted by atomic mass is 9.88. The second-order valence-electron chi connectivity index (χ2n) is 7.58. The Hall–Kier alpha value is -2.21. The number of halogens is 4. The van der Waals surface area contributed by atoms with Crippen molar-refractivity contribution in [2.45, 2.75) is 46.2 Å². The van der Waals surface area contributed by atoms with Gasteiger partial charge in [-0.2, -0.15) is 13.2 Å². The van der Waals surface area contributed by atoms with E-state index in [0.29, 0.717) is 17.5 Å². The maximum absolute atomic E-state index is 12.8. The molecule has 0 heterocycles. The van der Waals surface area contributed by atoms with Crippen LogP contribution in [0.2, 0.25) is 5.02 Å². The SMILES string of the molecule is CCOC(=O)C(CC(C)C)c1cc(OCC(F)(F)F)c(Cl)c(-c2ccc(C)cc2)c1. The molecule has 0 spiro atoms. The maximum atomic E-state index is 12.8. The summed E-state index contributed by atoms with van der Waals surface area (Å²) in [6.07, 6.45) is -4.03. The van der Waals surface area contributed by atoms with Crippen LogP contribution in [0, 0.1) is 12.8 Å². The first kappa shape index (κ1) is 24.1. The van der Waals surface area contributed by atoms with Gasteiger partial charge >= 0.3 is 12.1 Å². The number of alkyl halides is 3. The molecule has 0 saturated carbocycles. The first-order valence-corrected chi connectivity index (χ1v) is 10.2. The Kier molecular flexibility index (Phi) is 8.18. The van der Waals surface area contributed by atoms with Crippen LogP contribution in [0.3, 0.4) is 0 Å². The van der Waals surface area contributed by atoms with Crippen molar-refractivity contribution in [1.29, 1.82) is 0 Å². The molecule has 7 heteroatoms. The first-order chi connectivity index (χ1) is 14.0. The van der Waals surface area contributed by atoms with Crippen molar-refractivity contribution in [3.8, 4) is 16.9 Å². The summed E-state index contributed by atoms with van der Waals surface area (Å²) in [6.45, 7) is 6.30. The molecule has 3 nitrogen and oxygen atoms in total. The van der Waals surface area contributed by atoms with Gasteiger partial charge in [0.05, 0.1) is 17.5 Å². The van der Waals surface area contributed by atoms with Gasteiger partial charge in [0.1, 0.15) is 5.75 Å². The number of carbonyl (C=O) groups excluding carboxylic acids is 1.